The second-order valence-electron chi connectivity index (χ2n) is 2.68. The molecule has 1 rings (SSSR count). The van der Waals surface area contributed by atoms with Gasteiger partial charge in [-0.15, -0.1) is 0 Å². The van der Waals surface area contributed by atoms with Crippen LogP contribution in [0.4, 0.5) is 8.78 Å². The van der Waals surface area contributed by atoms with Crippen molar-refractivity contribution in [2.24, 2.45) is 0 Å². The zero-order valence-electron chi connectivity index (χ0n) is 6.81. The Labute approximate surface area is 68.9 Å². The third-order valence-corrected chi connectivity index (χ3v) is 1.57. The Balaban J connectivity index is 3.19. The third kappa shape index (κ3) is 1.76. The van der Waals surface area contributed by atoms with Crippen molar-refractivity contribution in [1.82, 2.24) is 4.98 Å². The fraction of sp³-hybridized carbons (Fsp3) is 0.375. The molecule has 4 heteroatoms. The molecule has 2 nitrogen and oxygen atoms in total. The number of aliphatic hydroxyl groups is 1. The van der Waals surface area contributed by atoms with Crippen molar-refractivity contribution in [3.05, 3.63) is 29.1 Å². The van der Waals surface area contributed by atoms with Crippen LogP contribution in [0.3, 0.4) is 0 Å². The summed E-state index contributed by atoms with van der Waals surface area (Å²) in [5.41, 5.74) is 0.559. The van der Waals surface area contributed by atoms with E-state index in [-0.39, 0.29) is 0 Å². The molecule has 0 radical (unpaired) electrons. The molecular weight excluding hydrogens is 164 g/mol. The molecule has 1 aromatic rings. The van der Waals surface area contributed by atoms with Gasteiger partial charge in [0.25, 0.3) is 0 Å². The Hall–Kier alpha value is -1.03. The van der Waals surface area contributed by atoms with Crippen LogP contribution in [0, 0.1) is 13.8 Å². The van der Waals surface area contributed by atoms with Gasteiger partial charge in [-0.05, 0) is 25.5 Å². The second kappa shape index (κ2) is 2.79. The first kappa shape index (κ1) is 9.06. The van der Waals surface area contributed by atoms with E-state index >= 15 is 0 Å². The third-order valence-electron chi connectivity index (χ3n) is 1.57. The SMILES string of the molecule is Cc1cc(C)c(C(O)(F)F)cn1. The van der Waals surface area contributed by atoms with Gasteiger partial charge in [0.05, 0.1) is 5.56 Å². The van der Waals surface area contributed by atoms with Crippen LogP contribution in [0.25, 0.3) is 0 Å². The molecule has 0 spiro atoms. The summed E-state index contributed by atoms with van der Waals surface area (Å²) in [4.78, 5) is 3.67. The van der Waals surface area contributed by atoms with Gasteiger partial charge >= 0.3 is 6.11 Å². The summed E-state index contributed by atoms with van der Waals surface area (Å²) in [6.07, 6.45) is -2.80. The molecule has 66 valence electrons. The van der Waals surface area contributed by atoms with E-state index in [9.17, 15) is 8.78 Å². The van der Waals surface area contributed by atoms with E-state index < -0.39 is 11.7 Å². The molecule has 0 aliphatic carbocycles. The first-order chi connectivity index (χ1) is 5.41. The van der Waals surface area contributed by atoms with Crippen LogP contribution >= 0.6 is 0 Å². The van der Waals surface area contributed by atoms with Crippen LogP contribution in [0.5, 0.6) is 0 Å². The number of hydrogen-bond acceptors (Lipinski definition) is 2. The van der Waals surface area contributed by atoms with Gasteiger partial charge in [-0.25, -0.2) is 0 Å². The molecule has 0 fully saturated rings. The normalized spacial score (nSPS) is 11.8. The standard InChI is InChI=1S/C8H9F2NO/c1-5-3-6(2)11-4-7(5)8(9,10)12/h3-4,12H,1-2H3. The van der Waals surface area contributed by atoms with E-state index in [0.29, 0.717) is 11.3 Å². The van der Waals surface area contributed by atoms with E-state index in [2.05, 4.69) is 4.98 Å². The number of alkyl halides is 2. The van der Waals surface area contributed by atoms with Crippen LogP contribution in [0.2, 0.25) is 0 Å². The molecule has 1 heterocycles. The molecule has 1 N–H and O–H groups in total. The van der Waals surface area contributed by atoms with Crippen molar-refractivity contribution in [3.8, 4) is 0 Å². The average molecular weight is 173 g/mol. The van der Waals surface area contributed by atoms with E-state index in [1.54, 1.807) is 6.92 Å². The molecular formula is C8H9F2NO. The lowest BCUT2D eigenvalue weighted by Gasteiger charge is -2.11. The second-order valence-corrected chi connectivity index (χ2v) is 2.68. The Morgan fingerprint density at radius 1 is 1.42 bits per heavy atom. The lowest BCUT2D eigenvalue weighted by Crippen LogP contribution is -2.13. The molecule has 0 saturated heterocycles. The Bertz CT molecular complexity index is 294. The van der Waals surface area contributed by atoms with Crippen LogP contribution in [0.15, 0.2) is 12.3 Å². The number of pyridine rings is 1. The molecule has 0 saturated carbocycles. The lowest BCUT2D eigenvalue weighted by molar-refractivity contribution is -0.209. The average Bonchev–Trinajstić information content (AvgIpc) is 1.83. The predicted molar refractivity (Wildman–Crippen MR) is 39.8 cm³/mol. The quantitative estimate of drug-likeness (QED) is 0.701. The van der Waals surface area contributed by atoms with Crippen molar-refractivity contribution in [3.63, 3.8) is 0 Å². The van der Waals surface area contributed by atoms with Crippen molar-refractivity contribution < 1.29 is 13.9 Å². The van der Waals surface area contributed by atoms with Gasteiger partial charge in [-0.1, -0.05) is 0 Å². The maximum atomic E-state index is 12.4. The van der Waals surface area contributed by atoms with Crippen LogP contribution < -0.4 is 0 Å². The molecule has 0 aliphatic heterocycles. The Kier molecular flexibility index (Phi) is 2.10. The minimum Gasteiger partial charge on any atom is -0.332 e. The van der Waals surface area contributed by atoms with Gasteiger partial charge in [0.15, 0.2) is 0 Å². The van der Waals surface area contributed by atoms with Gasteiger partial charge in [-0.2, -0.15) is 8.78 Å². The van der Waals surface area contributed by atoms with E-state index in [4.69, 9.17) is 5.11 Å². The van der Waals surface area contributed by atoms with Gasteiger partial charge in [-0.3, -0.25) is 4.98 Å². The first-order valence-electron chi connectivity index (χ1n) is 3.45. The van der Waals surface area contributed by atoms with E-state index in [0.717, 1.165) is 6.20 Å². The first-order valence-corrected chi connectivity index (χ1v) is 3.45. The lowest BCUT2D eigenvalue weighted by atomic mass is 10.1. The molecule has 0 aliphatic rings. The summed E-state index contributed by atoms with van der Waals surface area (Å²) in [6, 6.07) is 1.50. The minimum absolute atomic E-state index is 0.343. The highest BCUT2D eigenvalue weighted by Gasteiger charge is 2.29. The van der Waals surface area contributed by atoms with Crippen LogP contribution in [-0.4, -0.2) is 10.1 Å². The minimum atomic E-state index is -3.79. The summed E-state index contributed by atoms with van der Waals surface area (Å²) < 4.78 is 24.7. The fourth-order valence-corrected chi connectivity index (χ4v) is 1.01. The Morgan fingerprint density at radius 2 is 2.00 bits per heavy atom. The molecule has 12 heavy (non-hydrogen) atoms. The van der Waals surface area contributed by atoms with Crippen molar-refractivity contribution in [1.29, 1.82) is 0 Å². The summed E-state index contributed by atoms with van der Waals surface area (Å²) in [6.45, 7) is 3.21. The van der Waals surface area contributed by atoms with Gasteiger partial charge < -0.3 is 5.11 Å². The van der Waals surface area contributed by atoms with Crippen molar-refractivity contribution in [2.45, 2.75) is 20.0 Å². The van der Waals surface area contributed by atoms with Crippen LogP contribution in [0.1, 0.15) is 16.8 Å². The number of hydrogen-bond donors (Lipinski definition) is 1. The number of rotatable bonds is 1. The van der Waals surface area contributed by atoms with E-state index in [1.165, 1.54) is 13.0 Å². The highest BCUT2D eigenvalue weighted by molar-refractivity contribution is 5.26. The van der Waals surface area contributed by atoms with Crippen molar-refractivity contribution in [2.75, 3.05) is 0 Å². The van der Waals surface area contributed by atoms with Gasteiger partial charge in [0.1, 0.15) is 0 Å². The summed E-state index contributed by atoms with van der Waals surface area (Å²) >= 11 is 0. The number of aromatic nitrogens is 1. The monoisotopic (exact) mass is 173 g/mol. The topological polar surface area (TPSA) is 33.1 Å². The van der Waals surface area contributed by atoms with E-state index in [1.807, 2.05) is 0 Å². The molecule has 0 aromatic carbocycles. The smallest absolute Gasteiger partial charge is 0.332 e. The van der Waals surface area contributed by atoms with Gasteiger partial charge in [0, 0.05) is 11.9 Å². The molecule has 0 atom stereocenters. The van der Waals surface area contributed by atoms with Crippen LogP contribution in [-0.2, 0) is 6.11 Å². The maximum Gasteiger partial charge on any atom is 0.382 e. The number of aryl methyl sites for hydroxylation is 2. The van der Waals surface area contributed by atoms with Gasteiger partial charge in [0.2, 0.25) is 0 Å². The number of nitrogens with zero attached hydrogens (tertiary/aromatic N) is 1. The molecule has 1 aromatic heterocycles. The molecule has 0 amide bonds. The molecule has 0 bridgehead atoms. The summed E-state index contributed by atoms with van der Waals surface area (Å²) in [5, 5.41) is 8.39. The fourth-order valence-electron chi connectivity index (χ4n) is 1.01. The highest BCUT2D eigenvalue weighted by Crippen LogP contribution is 2.26. The number of halogens is 2. The highest BCUT2D eigenvalue weighted by atomic mass is 19.3. The zero-order valence-corrected chi connectivity index (χ0v) is 6.81. The maximum absolute atomic E-state index is 12.4. The summed E-state index contributed by atoms with van der Waals surface area (Å²) in [7, 11) is 0. The zero-order chi connectivity index (χ0) is 9.35. The molecule has 0 unspecified atom stereocenters. The summed E-state index contributed by atoms with van der Waals surface area (Å²) in [5.74, 6) is 0. The predicted octanol–water partition coefficient (Wildman–Crippen LogP) is 1.74. The Morgan fingerprint density at radius 3 is 2.42 bits per heavy atom. The van der Waals surface area contributed by atoms with Crippen molar-refractivity contribution >= 4 is 0 Å². The largest absolute Gasteiger partial charge is 0.382 e.